The maximum absolute atomic E-state index is 12.1. The van der Waals surface area contributed by atoms with Crippen LogP contribution in [0.25, 0.3) is 0 Å². The number of carbonyl (C=O) groups is 1. The van der Waals surface area contributed by atoms with Gasteiger partial charge in [-0.2, -0.15) is 0 Å². The summed E-state index contributed by atoms with van der Waals surface area (Å²) in [5, 5.41) is 14.7. The summed E-state index contributed by atoms with van der Waals surface area (Å²) in [6, 6.07) is -0.409. The minimum Gasteiger partial charge on any atom is -0.368 e. The van der Waals surface area contributed by atoms with Gasteiger partial charge >= 0.3 is 6.03 Å². The fourth-order valence-corrected chi connectivity index (χ4v) is 3.07. The molecule has 2 aromatic heterocycles. The molecule has 8 nitrogen and oxygen atoms in total. The van der Waals surface area contributed by atoms with E-state index in [9.17, 15) is 4.79 Å². The molecule has 0 radical (unpaired) electrons. The third-order valence-electron chi connectivity index (χ3n) is 3.50. The molecular formula is C13H18N6O2S. The van der Waals surface area contributed by atoms with Crippen LogP contribution in [-0.2, 0) is 11.3 Å². The summed E-state index contributed by atoms with van der Waals surface area (Å²) in [6.45, 7) is 5.31. The van der Waals surface area contributed by atoms with Gasteiger partial charge in [0.1, 0.15) is 16.9 Å². The summed E-state index contributed by atoms with van der Waals surface area (Å²) in [4.78, 5) is 16.4. The van der Waals surface area contributed by atoms with Gasteiger partial charge in [0.05, 0.1) is 6.04 Å². The molecule has 0 saturated carbocycles. The van der Waals surface area contributed by atoms with Crippen LogP contribution in [0.1, 0.15) is 30.3 Å². The maximum atomic E-state index is 12.1. The van der Waals surface area contributed by atoms with Crippen LogP contribution >= 0.6 is 11.3 Å². The zero-order valence-electron chi connectivity index (χ0n) is 12.4. The molecule has 2 amide bonds. The number of aryl methyl sites for hydroxylation is 2. The minimum absolute atomic E-state index is 0.110. The molecule has 1 aliphatic heterocycles. The predicted octanol–water partition coefficient (Wildman–Crippen LogP) is 1.71. The Morgan fingerprint density at radius 1 is 1.55 bits per heavy atom. The second kappa shape index (κ2) is 6.41. The lowest BCUT2D eigenvalue weighted by Crippen LogP contribution is -2.40. The van der Waals surface area contributed by atoms with Crippen molar-refractivity contribution >= 4 is 22.5 Å². The number of hydrogen-bond acceptors (Lipinski definition) is 6. The van der Waals surface area contributed by atoms with Crippen molar-refractivity contribution in [1.29, 1.82) is 0 Å². The van der Waals surface area contributed by atoms with Crippen LogP contribution in [0.4, 0.5) is 9.93 Å². The number of nitrogens with one attached hydrogen (secondary N) is 2. The highest BCUT2D eigenvalue weighted by molar-refractivity contribution is 7.15. The summed E-state index contributed by atoms with van der Waals surface area (Å²) in [7, 11) is 0. The van der Waals surface area contributed by atoms with Crippen LogP contribution in [0.15, 0.2) is 12.4 Å². The van der Waals surface area contributed by atoms with Gasteiger partial charge in [-0.15, -0.1) is 10.2 Å². The van der Waals surface area contributed by atoms with E-state index in [1.807, 2.05) is 24.6 Å². The van der Waals surface area contributed by atoms with Crippen molar-refractivity contribution in [2.45, 2.75) is 39.0 Å². The Bertz CT molecular complexity index is 655. The maximum Gasteiger partial charge on any atom is 0.321 e. The number of rotatable bonds is 4. The first-order valence-electron chi connectivity index (χ1n) is 7.17. The number of imidazole rings is 1. The summed E-state index contributed by atoms with van der Waals surface area (Å²) in [5.74, 6) is 0.844. The van der Waals surface area contributed by atoms with Crippen LogP contribution in [0.5, 0.6) is 0 Å². The Kier molecular flexibility index (Phi) is 4.34. The van der Waals surface area contributed by atoms with E-state index in [0.29, 0.717) is 11.7 Å². The molecule has 0 bridgehead atoms. The molecular weight excluding hydrogens is 304 g/mol. The topological polar surface area (TPSA) is 94.0 Å². The van der Waals surface area contributed by atoms with Crippen LogP contribution in [0, 0.1) is 6.92 Å². The molecule has 9 heteroatoms. The van der Waals surface area contributed by atoms with E-state index in [1.54, 1.807) is 6.20 Å². The molecule has 118 valence electrons. The third-order valence-corrected chi connectivity index (χ3v) is 4.25. The molecule has 1 fully saturated rings. The van der Waals surface area contributed by atoms with Crippen LogP contribution in [0.2, 0.25) is 0 Å². The second-order valence-electron chi connectivity index (χ2n) is 4.98. The lowest BCUT2D eigenvalue weighted by atomic mass is 10.1. The predicted molar refractivity (Wildman–Crippen MR) is 81.8 cm³/mol. The van der Waals surface area contributed by atoms with Crippen LogP contribution < -0.4 is 10.6 Å². The summed E-state index contributed by atoms with van der Waals surface area (Å²) >= 11 is 1.34. The highest BCUT2D eigenvalue weighted by Crippen LogP contribution is 2.28. The Morgan fingerprint density at radius 2 is 2.41 bits per heavy atom. The Balaban J connectivity index is 1.65. The van der Waals surface area contributed by atoms with Gasteiger partial charge in [0.15, 0.2) is 0 Å². The summed E-state index contributed by atoms with van der Waals surface area (Å²) < 4.78 is 7.78. The van der Waals surface area contributed by atoms with Crippen molar-refractivity contribution in [2.24, 2.45) is 0 Å². The molecule has 0 aromatic carbocycles. The van der Waals surface area contributed by atoms with Crippen molar-refractivity contribution in [1.82, 2.24) is 25.1 Å². The summed E-state index contributed by atoms with van der Waals surface area (Å²) in [6.07, 6.45) is 4.20. The zero-order chi connectivity index (χ0) is 15.5. The first kappa shape index (κ1) is 14.9. The van der Waals surface area contributed by atoms with Gasteiger partial charge in [-0.3, -0.25) is 5.32 Å². The number of carbonyl (C=O) groups excluding carboxylic acids is 1. The zero-order valence-corrected chi connectivity index (χ0v) is 13.3. The smallest absolute Gasteiger partial charge is 0.321 e. The van der Waals surface area contributed by atoms with E-state index < -0.39 is 0 Å². The Hall–Kier alpha value is -2.00. The molecule has 0 unspecified atom stereocenters. The van der Waals surface area contributed by atoms with Gasteiger partial charge in [-0.05, 0) is 20.3 Å². The van der Waals surface area contributed by atoms with Gasteiger partial charge in [-0.25, -0.2) is 9.78 Å². The highest BCUT2D eigenvalue weighted by Gasteiger charge is 2.33. The molecule has 1 aliphatic rings. The summed E-state index contributed by atoms with van der Waals surface area (Å²) in [5.41, 5.74) is 0. The fourth-order valence-electron chi connectivity index (χ4n) is 2.49. The van der Waals surface area contributed by atoms with Crippen molar-refractivity contribution in [2.75, 3.05) is 11.9 Å². The van der Waals surface area contributed by atoms with Crippen LogP contribution in [0.3, 0.4) is 0 Å². The lowest BCUT2D eigenvalue weighted by Gasteiger charge is -2.20. The fraction of sp³-hybridized carbons (Fsp3) is 0.538. The Labute approximate surface area is 131 Å². The van der Waals surface area contributed by atoms with Crippen molar-refractivity contribution in [3.63, 3.8) is 0 Å². The lowest BCUT2D eigenvalue weighted by molar-refractivity contribution is 0.0906. The highest BCUT2D eigenvalue weighted by atomic mass is 32.1. The monoisotopic (exact) mass is 322 g/mol. The second-order valence-corrected chi connectivity index (χ2v) is 6.16. The Morgan fingerprint density at radius 3 is 3.14 bits per heavy atom. The van der Waals surface area contributed by atoms with Crippen LogP contribution in [-0.4, -0.2) is 38.4 Å². The van der Waals surface area contributed by atoms with E-state index in [1.165, 1.54) is 11.3 Å². The van der Waals surface area contributed by atoms with E-state index in [0.717, 1.165) is 23.8 Å². The average molecular weight is 322 g/mol. The largest absolute Gasteiger partial charge is 0.368 e. The van der Waals surface area contributed by atoms with Crippen molar-refractivity contribution in [3.8, 4) is 0 Å². The number of hydrogen-bond donors (Lipinski definition) is 2. The molecule has 22 heavy (non-hydrogen) atoms. The quantitative estimate of drug-likeness (QED) is 0.894. The first-order valence-corrected chi connectivity index (χ1v) is 7.99. The van der Waals surface area contributed by atoms with E-state index in [-0.39, 0.29) is 18.2 Å². The van der Waals surface area contributed by atoms with Crippen molar-refractivity contribution < 1.29 is 9.53 Å². The van der Waals surface area contributed by atoms with Gasteiger partial charge in [0, 0.05) is 25.5 Å². The van der Waals surface area contributed by atoms with E-state index in [4.69, 9.17) is 4.74 Å². The molecule has 0 spiro atoms. The number of amides is 2. The normalized spacial score (nSPS) is 21.0. The average Bonchev–Trinajstić information content (AvgIpc) is 3.19. The van der Waals surface area contributed by atoms with Gasteiger partial charge in [0.2, 0.25) is 5.13 Å². The number of aromatic nitrogens is 4. The molecule has 3 rings (SSSR count). The number of anilines is 1. The standard InChI is InChI=1S/C13H18N6O2S/c1-3-19-6-5-14-11(19)10-9(4-7-21-10)15-12(20)16-13-18-17-8(2)22-13/h5-6,9-10H,3-4,7H2,1-2H3,(H2,15,16,18,20)/t9-,10-/m0/s1. The van der Waals surface area contributed by atoms with Gasteiger partial charge in [0.25, 0.3) is 0 Å². The number of nitrogens with zero attached hydrogens (tertiary/aromatic N) is 4. The molecule has 0 aliphatic carbocycles. The molecule has 3 heterocycles. The SMILES string of the molecule is CCn1ccnc1[C@H]1OCC[C@@H]1NC(=O)Nc1nnc(C)s1. The molecule has 2 N–H and O–H groups in total. The van der Waals surface area contributed by atoms with E-state index >= 15 is 0 Å². The van der Waals surface area contributed by atoms with E-state index in [2.05, 4.69) is 25.8 Å². The number of urea groups is 1. The molecule has 2 atom stereocenters. The number of ether oxygens (including phenoxy) is 1. The van der Waals surface area contributed by atoms with Gasteiger partial charge < -0.3 is 14.6 Å². The molecule has 2 aromatic rings. The minimum atomic E-state index is -0.300. The molecule has 1 saturated heterocycles. The van der Waals surface area contributed by atoms with Crippen molar-refractivity contribution in [3.05, 3.63) is 23.2 Å². The third kappa shape index (κ3) is 3.09. The van der Waals surface area contributed by atoms with Gasteiger partial charge in [-0.1, -0.05) is 11.3 Å². The first-order chi connectivity index (χ1) is 10.7.